The van der Waals surface area contributed by atoms with Crippen molar-refractivity contribution in [2.24, 2.45) is 11.8 Å². The number of alkyl halides is 1. The highest BCUT2D eigenvalue weighted by molar-refractivity contribution is 6.18. The lowest BCUT2D eigenvalue weighted by molar-refractivity contribution is -0.215. The van der Waals surface area contributed by atoms with Crippen molar-refractivity contribution in [3.63, 3.8) is 0 Å². The van der Waals surface area contributed by atoms with Crippen molar-refractivity contribution >= 4 is 11.6 Å². The highest BCUT2D eigenvalue weighted by atomic mass is 35.5. The summed E-state index contributed by atoms with van der Waals surface area (Å²) in [4.78, 5) is 0. The van der Waals surface area contributed by atoms with Gasteiger partial charge in [0.25, 0.3) is 0 Å². The van der Waals surface area contributed by atoms with E-state index >= 15 is 0 Å². The summed E-state index contributed by atoms with van der Waals surface area (Å²) in [6, 6.07) is 0. The number of hydrogen-bond acceptors (Lipinski definition) is 2. The maximum absolute atomic E-state index is 5.65. The van der Waals surface area contributed by atoms with Gasteiger partial charge in [-0.1, -0.05) is 13.8 Å². The third-order valence-electron chi connectivity index (χ3n) is 1.75. The molecule has 1 rings (SSSR count). The van der Waals surface area contributed by atoms with Crippen LogP contribution in [-0.2, 0) is 9.47 Å². The van der Waals surface area contributed by atoms with Crippen LogP contribution in [0, 0.1) is 11.8 Å². The Morgan fingerprint density at radius 2 is 1.91 bits per heavy atom. The van der Waals surface area contributed by atoms with Crippen molar-refractivity contribution in [1.29, 1.82) is 0 Å². The van der Waals surface area contributed by atoms with E-state index in [0.29, 0.717) is 17.7 Å². The highest BCUT2D eigenvalue weighted by Crippen LogP contribution is 2.17. The molecule has 0 saturated carbocycles. The van der Waals surface area contributed by atoms with E-state index < -0.39 is 0 Å². The summed E-state index contributed by atoms with van der Waals surface area (Å²) in [7, 11) is 0. The van der Waals surface area contributed by atoms with Crippen LogP contribution in [0.5, 0.6) is 0 Å². The van der Waals surface area contributed by atoms with Crippen LogP contribution in [0.25, 0.3) is 0 Å². The predicted molar refractivity (Wildman–Crippen MR) is 44.7 cm³/mol. The average molecular weight is 179 g/mol. The lowest BCUT2D eigenvalue weighted by Gasteiger charge is -2.30. The third-order valence-corrected chi connectivity index (χ3v) is 2.19. The fourth-order valence-corrected chi connectivity index (χ4v) is 1.21. The van der Waals surface area contributed by atoms with Crippen LogP contribution in [0.2, 0.25) is 0 Å². The standard InChI is InChI=1S/C8H15ClO2/c1-6(2)8-10-4-7(3-9)5-11-8/h6-8H,3-5H2,1-2H3. The molecule has 0 aromatic rings. The van der Waals surface area contributed by atoms with Gasteiger partial charge in [0.05, 0.1) is 13.2 Å². The molecule has 1 heterocycles. The van der Waals surface area contributed by atoms with Gasteiger partial charge < -0.3 is 9.47 Å². The van der Waals surface area contributed by atoms with Crippen molar-refractivity contribution in [2.45, 2.75) is 20.1 Å². The van der Waals surface area contributed by atoms with Gasteiger partial charge in [0, 0.05) is 17.7 Å². The Bertz CT molecular complexity index is 109. The van der Waals surface area contributed by atoms with Gasteiger partial charge in [0.2, 0.25) is 0 Å². The van der Waals surface area contributed by atoms with Crippen LogP contribution in [0.4, 0.5) is 0 Å². The summed E-state index contributed by atoms with van der Waals surface area (Å²) in [5.41, 5.74) is 0. The molecule has 0 spiro atoms. The van der Waals surface area contributed by atoms with E-state index in [4.69, 9.17) is 21.1 Å². The molecule has 2 nitrogen and oxygen atoms in total. The van der Waals surface area contributed by atoms with Crippen LogP contribution < -0.4 is 0 Å². The fourth-order valence-electron chi connectivity index (χ4n) is 1.03. The molecule has 0 bridgehead atoms. The van der Waals surface area contributed by atoms with Gasteiger partial charge in [-0.15, -0.1) is 11.6 Å². The zero-order valence-corrected chi connectivity index (χ0v) is 7.80. The molecule has 1 saturated heterocycles. The van der Waals surface area contributed by atoms with Crippen molar-refractivity contribution in [1.82, 2.24) is 0 Å². The van der Waals surface area contributed by atoms with E-state index in [1.807, 2.05) is 0 Å². The Balaban J connectivity index is 2.24. The first-order chi connectivity index (χ1) is 5.24. The van der Waals surface area contributed by atoms with Crippen molar-refractivity contribution in [3.05, 3.63) is 0 Å². The molecule has 0 atom stereocenters. The van der Waals surface area contributed by atoms with E-state index in [9.17, 15) is 0 Å². The first-order valence-electron chi connectivity index (χ1n) is 4.03. The summed E-state index contributed by atoms with van der Waals surface area (Å²) in [5, 5.41) is 0. The molecule has 0 radical (unpaired) electrons. The first kappa shape index (κ1) is 9.30. The van der Waals surface area contributed by atoms with Gasteiger partial charge in [-0.25, -0.2) is 0 Å². The lowest BCUT2D eigenvalue weighted by Crippen LogP contribution is -2.35. The van der Waals surface area contributed by atoms with Gasteiger partial charge in [-0.3, -0.25) is 0 Å². The predicted octanol–water partition coefficient (Wildman–Crippen LogP) is 1.87. The molecule has 1 fully saturated rings. The SMILES string of the molecule is CC(C)C1OCC(CCl)CO1. The minimum Gasteiger partial charge on any atom is -0.352 e. The largest absolute Gasteiger partial charge is 0.352 e. The van der Waals surface area contributed by atoms with E-state index in [1.54, 1.807) is 0 Å². The second-order valence-electron chi connectivity index (χ2n) is 3.30. The molecule has 1 aliphatic rings. The second kappa shape index (κ2) is 4.29. The molecule has 66 valence electrons. The van der Waals surface area contributed by atoms with Crippen molar-refractivity contribution in [3.8, 4) is 0 Å². The molecule has 3 heteroatoms. The van der Waals surface area contributed by atoms with E-state index in [1.165, 1.54) is 0 Å². The molecule has 0 N–H and O–H groups in total. The number of ether oxygens (including phenoxy) is 2. The minimum absolute atomic E-state index is 0.0190. The van der Waals surface area contributed by atoms with Crippen LogP contribution in [0.1, 0.15) is 13.8 Å². The van der Waals surface area contributed by atoms with Crippen molar-refractivity contribution in [2.75, 3.05) is 19.1 Å². The summed E-state index contributed by atoms with van der Waals surface area (Å²) < 4.78 is 10.9. The average Bonchev–Trinajstić information content (AvgIpc) is 2.05. The first-order valence-corrected chi connectivity index (χ1v) is 4.56. The third kappa shape index (κ3) is 2.62. The summed E-state index contributed by atoms with van der Waals surface area (Å²) >= 11 is 5.65. The maximum Gasteiger partial charge on any atom is 0.159 e. The van der Waals surface area contributed by atoms with Gasteiger partial charge in [-0.05, 0) is 0 Å². The Morgan fingerprint density at radius 3 is 2.27 bits per heavy atom. The molecule has 1 aliphatic heterocycles. The van der Waals surface area contributed by atoms with E-state index in [2.05, 4.69) is 13.8 Å². The Labute approximate surface area is 72.8 Å². The normalized spacial score (nSPS) is 32.7. The smallest absolute Gasteiger partial charge is 0.159 e. The highest BCUT2D eigenvalue weighted by Gasteiger charge is 2.23. The number of halogens is 1. The lowest BCUT2D eigenvalue weighted by atomic mass is 10.1. The van der Waals surface area contributed by atoms with Crippen molar-refractivity contribution < 1.29 is 9.47 Å². The fraction of sp³-hybridized carbons (Fsp3) is 1.00. The van der Waals surface area contributed by atoms with Crippen LogP contribution in [0.3, 0.4) is 0 Å². The monoisotopic (exact) mass is 178 g/mol. The molecule has 0 aliphatic carbocycles. The number of hydrogen-bond donors (Lipinski definition) is 0. The second-order valence-corrected chi connectivity index (χ2v) is 3.61. The zero-order valence-electron chi connectivity index (χ0n) is 7.05. The van der Waals surface area contributed by atoms with E-state index in [0.717, 1.165) is 13.2 Å². The molecule has 0 amide bonds. The van der Waals surface area contributed by atoms with Crippen LogP contribution in [0.15, 0.2) is 0 Å². The maximum atomic E-state index is 5.65. The van der Waals surface area contributed by atoms with Gasteiger partial charge in [-0.2, -0.15) is 0 Å². The molecule has 0 aromatic carbocycles. The topological polar surface area (TPSA) is 18.5 Å². The number of rotatable bonds is 2. The zero-order chi connectivity index (χ0) is 8.27. The van der Waals surface area contributed by atoms with Gasteiger partial charge in [0.1, 0.15) is 0 Å². The van der Waals surface area contributed by atoms with Gasteiger partial charge in [0.15, 0.2) is 6.29 Å². The van der Waals surface area contributed by atoms with Gasteiger partial charge >= 0.3 is 0 Å². The molecule has 0 unspecified atom stereocenters. The van der Waals surface area contributed by atoms with E-state index in [-0.39, 0.29) is 6.29 Å². The Morgan fingerprint density at radius 1 is 1.36 bits per heavy atom. The molecular weight excluding hydrogens is 164 g/mol. The summed E-state index contributed by atoms with van der Waals surface area (Å²) in [6.07, 6.45) is -0.0190. The minimum atomic E-state index is -0.0190. The van der Waals surface area contributed by atoms with Crippen LogP contribution >= 0.6 is 11.6 Å². The summed E-state index contributed by atoms with van der Waals surface area (Å²) in [6.45, 7) is 5.66. The Hall–Kier alpha value is 0.210. The quantitative estimate of drug-likeness (QED) is 0.602. The summed E-state index contributed by atoms with van der Waals surface area (Å²) in [5.74, 6) is 1.45. The molecular formula is C8H15ClO2. The Kier molecular flexibility index (Phi) is 3.63. The van der Waals surface area contributed by atoms with Crippen LogP contribution in [-0.4, -0.2) is 25.4 Å². The molecule has 11 heavy (non-hydrogen) atoms. The molecule has 0 aromatic heterocycles.